The Bertz CT molecular complexity index is 512. The van der Waals surface area contributed by atoms with Crippen molar-refractivity contribution in [3.8, 4) is 0 Å². The Hall–Kier alpha value is -0.140. The van der Waals surface area contributed by atoms with Gasteiger partial charge in [0, 0.05) is 33.6 Å². The van der Waals surface area contributed by atoms with Gasteiger partial charge in [0.15, 0.2) is 4.75 Å². The highest BCUT2D eigenvalue weighted by Gasteiger charge is 2.51. The van der Waals surface area contributed by atoms with Crippen LogP contribution in [0.5, 0.6) is 0 Å². The van der Waals surface area contributed by atoms with E-state index in [-0.39, 0.29) is 12.4 Å². The number of benzene rings is 1. The molecule has 6 heteroatoms. The molecule has 0 aliphatic carbocycles. The van der Waals surface area contributed by atoms with Crippen LogP contribution in [0.2, 0.25) is 0 Å². The third-order valence-corrected chi connectivity index (χ3v) is 6.08. The Balaban J connectivity index is 2.75. The fourth-order valence-corrected chi connectivity index (χ4v) is 4.78. The second-order valence-corrected chi connectivity index (χ2v) is 8.08. The first kappa shape index (κ1) is 15.3. The van der Waals surface area contributed by atoms with Gasteiger partial charge in [-0.05, 0) is 39.3 Å². The molecule has 3 nitrogen and oxygen atoms in total. The van der Waals surface area contributed by atoms with Crippen molar-refractivity contribution in [1.29, 1.82) is 0 Å². The summed E-state index contributed by atoms with van der Waals surface area (Å²) in [5.74, 6) is -0.341. The fourth-order valence-electron chi connectivity index (χ4n) is 2.56. The normalized spacial score (nSPS) is 29.1. The van der Waals surface area contributed by atoms with Crippen LogP contribution in [0.25, 0.3) is 0 Å². The highest BCUT2D eigenvalue weighted by molar-refractivity contribution is 9.10. The molecule has 0 saturated heterocycles. The van der Waals surface area contributed by atoms with Crippen LogP contribution in [0.3, 0.4) is 0 Å². The standard InChI is InChI=1S/C13H17BrFNO2S/c1-12(2)10-8(14)4-5-9(15)11(10)13(3,6-7-17)16-19(12)18/h4-5,16-17H,6-7H2,1-3H3/t13-,19+/m0/s1. The van der Waals surface area contributed by atoms with E-state index in [1.165, 1.54) is 6.07 Å². The van der Waals surface area contributed by atoms with E-state index in [1.807, 2.05) is 13.8 Å². The maximum atomic E-state index is 14.3. The molecule has 0 aromatic heterocycles. The van der Waals surface area contributed by atoms with E-state index < -0.39 is 21.6 Å². The Kier molecular flexibility index (Phi) is 4.02. The fraction of sp³-hybridized carbons (Fsp3) is 0.538. The molecule has 0 saturated carbocycles. The smallest absolute Gasteiger partial charge is 0.166 e. The van der Waals surface area contributed by atoms with Gasteiger partial charge in [-0.25, -0.2) is 4.39 Å². The number of fused-ring (bicyclic) bond motifs is 1. The summed E-state index contributed by atoms with van der Waals surface area (Å²) >= 11 is 2.07. The molecule has 1 aliphatic heterocycles. The largest absolute Gasteiger partial charge is 0.597 e. The number of aliphatic hydroxyl groups excluding tert-OH is 1. The average Bonchev–Trinajstić information content (AvgIpc) is 2.30. The van der Waals surface area contributed by atoms with Crippen LogP contribution in [0.1, 0.15) is 38.3 Å². The number of rotatable bonds is 2. The zero-order valence-corrected chi connectivity index (χ0v) is 13.5. The molecule has 1 heterocycles. The van der Waals surface area contributed by atoms with E-state index in [1.54, 1.807) is 13.0 Å². The van der Waals surface area contributed by atoms with Crippen molar-refractivity contribution in [2.45, 2.75) is 37.5 Å². The average molecular weight is 350 g/mol. The zero-order chi connectivity index (χ0) is 14.4. The van der Waals surface area contributed by atoms with Gasteiger partial charge < -0.3 is 9.66 Å². The summed E-state index contributed by atoms with van der Waals surface area (Å²) in [6.07, 6.45) is 0.301. The second-order valence-electron chi connectivity index (χ2n) is 5.47. The molecule has 1 aromatic carbocycles. The third kappa shape index (κ3) is 2.34. The van der Waals surface area contributed by atoms with Crippen LogP contribution in [-0.2, 0) is 21.6 Å². The minimum Gasteiger partial charge on any atom is -0.597 e. The number of nitrogens with one attached hydrogen (secondary N) is 1. The summed E-state index contributed by atoms with van der Waals surface area (Å²) in [6.45, 7) is 5.30. The zero-order valence-electron chi connectivity index (χ0n) is 11.1. The van der Waals surface area contributed by atoms with Crippen molar-refractivity contribution in [3.05, 3.63) is 33.5 Å². The quantitative estimate of drug-likeness (QED) is 0.807. The van der Waals surface area contributed by atoms with E-state index in [9.17, 15) is 14.0 Å². The molecule has 0 fully saturated rings. The van der Waals surface area contributed by atoms with Gasteiger partial charge in [0.2, 0.25) is 0 Å². The van der Waals surface area contributed by atoms with Gasteiger partial charge in [0.25, 0.3) is 0 Å². The van der Waals surface area contributed by atoms with Crippen molar-refractivity contribution in [2.75, 3.05) is 6.61 Å². The van der Waals surface area contributed by atoms with E-state index in [2.05, 4.69) is 20.7 Å². The van der Waals surface area contributed by atoms with Crippen molar-refractivity contribution < 1.29 is 14.0 Å². The molecule has 0 bridgehead atoms. The molecular weight excluding hydrogens is 333 g/mol. The van der Waals surface area contributed by atoms with Gasteiger partial charge in [-0.2, -0.15) is 0 Å². The lowest BCUT2D eigenvalue weighted by molar-refractivity contribution is 0.229. The molecule has 106 valence electrons. The van der Waals surface area contributed by atoms with E-state index in [0.717, 1.165) is 4.47 Å². The summed E-state index contributed by atoms with van der Waals surface area (Å²) in [7, 11) is 0. The molecule has 0 spiro atoms. The van der Waals surface area contributed by atoms with Crippen LogP contribution in [0.4, 0.5) is 4.39 Å². The van der Waals surface area contributed by atoms with E-state index >= 15 is 0 Å². The Labute approximate surface area is 124 Å². The predicted octanol–water partition coefficient (Wildman–Crippen LogP) is 2.69. The molecule has 1 aliphatic rings. The van der Waals surface area contributed by atoms with Crippen molar-refractivity contribution >= 4 is 27.3 Å². The van der Waals surface area contributed by atoms with Gasteiger partial charge in [-0.1, -0.05) is 15.9 Å². The lowest BCUT2D eigenvalue weighted by Gasteiger charge is -2.44. The van der Waals surface area contributed by atoms with Crippen LogP contribution in [0, 0.1) is 5.82 Å². The Morgan fingerprint density at radius 3 is 2.58 bits per heavy atom. The SMILES string of the molecule is CC1(C)c2c(Br)ccc(F)c2[C@](C)(CCO)N[S@+]1[O-]. The second kappa shape index (κ2) is 5.00. The first-order valence-corrected chi connectivity index (χ1v) is 7.98. The van der Waals surface area contributed by atoms with Gasteiger partial charge in [-0.3, -0.25) is 0 Å². The summed E-state index contributed by atoms with van der Waals surface area (Å²) in [6, 6.07) is 3.03. The van der Waals surface area contributed by atoms with Crippen LogP contribution < -0.4 is 4.72 Å². The molecule has 2 N–H and O–H groups in total. The Morgan fingerprint density at radius 2 is 2.00 bits per heavy atom. The summed E-state index contributed by atoms with van der Waals surface area (Å²) < 4.78 is 29.7. The molecule has 19 heavy (non-hydrogen) atoms. The monoisotopic (exact) mass is 349 g/mol. The molecule has 2 rings (SSSR count). The number of aliphatic hydroxyl groups is 1. The molecule has 1 aromatic rings. The molecule has 2 atom stereocenters. The lowest BCUT2D eigenvalue weighted by Crippen LogP contribution is -2.56. The summed E-state index contributed by atoms with van der Waals surface area (Å²) in [5, 5.41) is 9.21. The highest BCUT2D eigenvalue weighted by Crippen LogP contribution is 2.47. The van der Waals surface area contributed by atoms with Crippen molar-refractivity contribution in [2.24, 2.45) is 0 Å². The van der Waals surface area contributed by atoms with Crippen molar-refractivity contribution in [1.82, 2.24) is 4.72 Å². The number of hydrogen-bond acceptors (Lipinski definition) is 3. The van der Waals surface area contributed by atoms with E-state index in [0.29, 0.717) is 17.5 Å². The molecular formula is C13H17BrFNO2S. The maximum absolute atomic E-state index is 14.3. The predicted molar refractivity (Wildman–Crippen MR) is 77.5 cm³/mol. The Morgan fingerprint density at radius 1 is 1.37 bits per heavy atom. The van der Waals surface area contributed by atoms with Gasteiger partial charge in [0.1, 0.15) is 5.82 Å². The van der Waals surface area contributed by atoms with E-state index in [4.69, 9.17) is 0 Å². The maximum Gasteiger partial charge on any atom is 0.166 e. The number of hydrogen-bond donors (Lipinski definition) is 2. The molecule has 0 unspecified atom stereocenters. The highest BCUT2D eigenvalue weighted by atomic mass is 79.9. The summed E-state index contributed by atoms with van der Waals surface area (Å²) in [4.78, 5) is 0. The van der Waals surface area contributed by atoms with Crippen LogP contribution in [0.15, 0.2) is 16.6 Å². The molecule has 0 amide bonds. The van der Waals surface area contributed by atoms with Gasteiger partial charge >= 0.3 is 0 Å². The first-order chi connectivity index (χ1) is 8.74. The minimum atomic E-state index is -1.36. The van der Waals surface area contributed by atoms with Crippen LogP contribution in [-0.4, -0.2) is 16.3 Å². The topological polar surface area (TPSA) is 55.3 Å². The van der Waals surface area contributed by atoms with Crippen LogP contribution >= 0.6 is 15.9 Å². The third-order valence-electron chi connectivity index (χ3n) is 3.65. The minimum absolute atomic E-state index is 0.105. The summed E-state index contributed by atoms with van der Waals surface area (Å²) in [5.41, 5.74) is 0.360. The number of halogens is 2. The first-order valence-electron chi connectivity index (χ1n) is 6.03. The molecule has 0 radical (unpaired) electrons. The van der Waals surface area contributed by atoms with Gasteiger partial charge in [-0.15, -0.1) is 4.72 Å². The van der Waals surface area contributed by atoms with Crippen molar-refractivity contribution in [3.63, 3.8) is 0 Å². The van der Waals surface area contributed by atoms with Gasteiger partial charge in [0.05, 0.1) is 5.54 Å². The lowest BCUT2D eigenvalue weighted by atomic mass is 9.82.